The van der Waals surface area contributed by atoms with Crippen LogP contribution in [0.3, 0.4) is 0 Å². The lowest BCUT2D eigenvalue weighted by Crippen LogP contribution is -2.42. The fourth-order valence-electron chi connectivity index (χ4n) is 3.32. The van der Waals surface area contributed by atoms with Crippen molar-refractivity contribution >= 4 is 5.91 Å². The van der Waals surface area contributed by atoms with Crippen LogP contribution in [0.5, 0.6) is 0 Å². The molecule has 2 rings (SSSR count). The zero-order valence-electron chi connectivity index (χ0n) is 11.8. The van der Waals surface area contributed by atoms with Crippen LogP contribution in [0.1, 0.15) is 64.7 Å². The molecular formula is C15H28N2O. The molecule has 2 aliphatic rings. The first-order valence-electron chi connectivity index (χ1n) is 7.68. The monoisotopic (exact) mass is 252 g/mol. The third-order valence-electron chi connectivity index (χ3n) is 4.68. The van der Waals surface area contributed by atoms with Gasteiger partial charge in [-0.1, -0.05) is 39.0 Å². The van der Waals surface area contributed by atoms with Crippen molar-refractivity contribution in [3.63, 3.8) is 0 Å². The minimum absolute atomic E-state index is 0.175. The lowest BCUT2D eigenvalue weighted by molar-refractivity contribution is -0.121. The van der Waals surface area contributed by atoms with E-state index in [9.17, 15) is 4.79 Å². The Morgan fingerprint density at radius 1 is 1.11 bits per heavy atom. The molecular weight excluding hydrogens is 224 g/mol. The maximum absolute atomic E-state index is 11.8. The van der Waals surface area contributed by atoms with E-state index in [0.717, 1.165) is 6.54 Å². The van der Waals surface area contributed by atoms with E-state index in [-0.39, 0.29) is 5.91 Å². The fourth-order valence-corrected chi connectivity index (χ4v) is 3.32. The van der Waals surface area contributed by atoms with Crippen LogP contribution in [-0.4, -0.2) is 25.0 Å². The highest BCUT2D eigenvalue weighted by molar-refractivity contribution is 5.78. The summed E-state index contributed by atoms with van der Waals surface area (Å²) in [4.78, 5) is 11.8. The maximum Gasteiger partial charge on any atom is 0.233 e. The Kier molecular flexibility index (Phi) is 5.04. The number of carbonyl (C=O) groups excluding carboxylic acids is 1. The third kappa shape index (κ3) is 4.27. The standard InChI is InChI=1S/C15H28N2O/c1-15(9-5-2-6-10-15)12-17-14(18)11-16-13-7-3-4-8-13/h13,16H,2-12H2,1H3,(H,17,18). The van der Waals surface area contributed by atoms with E-state index in [0.29, 0.717) is 18.0 Å². The van der Waals surface area contributed by atoms with E-state index in [1.165, 1.54) is 57.8 Å². The van der Waals surface area contributed by atoms with E-state index >= 15 is 0 Å². The molecule has 2 saturated carbocycles. The number of amides is 1. The average Bonchev–Trinajstić information content (AvgIpc) is 2.88. The number of hydrogen-bond donors (Lipinski definition) is 2. The molecule has 0 atom stereocenters. The quantitative estimate of drug-likeness (QED) is 0.789. The normalized spacial score (nSPS) is 24.1. The van der Waals surface area contributed by atoms with Gasteiger partial charge in [0.1, 0.15) is 0 Å². The molecule has 0 radical (unpaired) electrons. The Morgan fingerprint density at radius 3 is 2.44 bits per heavy atom. The second kappa shape index (κ2) is 6.55. The topological polar surface area (TPSA) is 41.1 Å². The summed E-state index contributed by atoms with van der Waals surface area (Å²) in [6, 6.07) is 0.584. The molecule has 1 amide bonds. The van der Waals surface area contributed by atoms with Gasteiger partial charge in [0.15, 0.2) is 0 Å². The van der Waals surface area contributed by atoms with Gasteiger partial charge in [-0.25, -0.2) is 0 Å². The molecule has 0 aliphatic heterocycles. The molecule has 18 heavy (non-hydrogen) atoms. The van der Waals surface area contributed by atoms with Gasteiger partial charge >= 0.3 is 0 Å². The van der Waals surface area contributed by atoms with E-state index in [2.05, 4.69) is 17.6 Å². The highest BCUT2D eigenvalue weighted by Gasteiger charge is 2.27. The van der Waals surface area contributed by atoms with Gasteiger partial charge in [-0.05, 0) is 31.1 Å². The van der Waals surface area contributed by atoms with Crippen molar-refractivity contribution < 1.29 is 4.79 Å². The Morgan fingerprint density at radius 2 is 1.78 bits per heavy atom. The molecule has 3 nitrogen and oxygen atoms in total. The average molecular weight is 252 g/mol. The highest BCUT2D eigenvalue weighted by atomic mass is 16.1. The van der Waals surface area contributed by atoms with E-state index in [1.807, 2.05) is 0 Å². The third-order valence-corrected chi connectivity index (χ3v) is 4.68. The Labute approximate surface area is 111 Å². The van der Waals surface area contributed by atoms with Crippen molar-refractivity contribution in [1.82, 2.24) is 10.6 Å². The van der Waals surface area contributed by atoms with Crippen molar-refractivity contribution in [3.05, 3.63) is 0 Å². The van der Waals surface area contributed by atoms with Crippen LogP contribution in [0.2, 0.25) is 0 Å². The largest absolute Gasteiger partial charge is 0.354 e. The summed E-state index contributed by atoms with van der Waals surface area (Å²) in [5.74, 6) is 0.175. The summed E-state index contributed by atoms with van der Waals surface area (Å²) in [5, 5.41) is 6.48. The van der Waals surface area contributed by atoms with Crippen LogP contribution in [0.15, 0.2) is 0 Å². The second-order valence-corrected chi connectivity index (χ2v) is 6.51. The van der Waals surface area contributed by atoms with Crippen LogP contribution in [-0.2, 0) is 4.79 Å². The van der Waals surface area contributed by atoms with Gasteiger partial charge in [-0.3, -0.25) is 4.79 Å². The Hall–Kier alpha value is -0.570. The lowest BCUT2D eigenvalue weighted by atomic mass is 9.76. The number of nitrogens with one attached hydrogen (secondary N) is 2. The first kappa shape index (κ1) is 13.9. The van der Waals surface area contributed by atoms with Crippen molar-refractivity contribution in [2.45, 2.75) is 70.8 Å². The molecule has 0 heterocycles. The summed E-state index contributed by atoms with van der Waals surface area (Å²) in [6.07, 6.45) is 11.7. The molecule has 2 fully saturated rings. The minimum atomic E-state index is 0.175. The van der Waals surface area contributed by atoms with Crippen molar-refractivity contribution in [2.75, 3.05) is 13.1 Å². The lowest BCUT2D eigenvalue weighted by Gasteiger charge is -2.33. The first-order valence-corrected chi connectivity index (χ1v) is 7.68. The van der Waals surface area contributed by atoms with Crippen LogP contribution in [0.25, 0.3) is 0 Å². The van der Waals surface area contributed by atoms with Gasteiger partial charge < -0.3 is 10.6 Å². The van der Waals surface area contributed by atoms with Gasteiger partial charge in [-0.2, -0.15) is 0 Å². The molecule has 3 heteroatoms. The van der Waals surface area contributed by atoms with E-state index < -0.39 is 0 Å². The van der Waals surface area contributed by atoms with Gasteiger partial charge in [0.2, 0.25) is 5.91 Å². The van der Waals surface area contributed by atoms with Crippen molar-refractivity contribution in [1.29, 1.82) is 0 Å². The molecule has 2 aliphatic carbocycles. The molecule has 0 saturated heterocycles. The summed E-state index contributed by atoms with van der Waals surface area (Å²) in [7, 11) is 0. The molecule has 104 valence electrons. The smallest absolute Gasteiger partial charge is 0.233 e. The Bertz CT molecular complexity index is 266. The van der Waals surface area contributed by atoms with Crippen molar-refractivity contribution in [2.24, 2.45) is 5.41 Å². The van der Waals surface area contributed by atoms with Crippen LogP contribution in [0.4, 0.5) is 0 Å². The van der Waals surface area contributed by atoms with E-state index in [4.69, 9.17) is 0 Å². The zero-order chi connectivity index (χ0) is 12.8. The van der Waals surface area contributed by atoms with Crippen molar-refractivity contribution in [3.8, 4) is 0 Å². The van der Waals surface area contributed by atoms with Gasteiger partial charge in [0.05, 0.1) is 6.54 Å². The Balaban J connectivity index is 1.61. The zero-order valence-corrected chi connectivity index (χ0v) is 11.8. The maximum atomic E-state index is 11.8. The van der Waals surface area contributed by atoms with Crippen LogP contribution in [0, 0.1) is 5.41 Å². The highest BCUT2D eigenvalue weighted by Crippen LogP contribution is 2.34. The summed E-state index contributed by atoms with van der Waals surface area (Å²) in [5.41, 5.74) is 0.348. The second-order valence-electron chi connectivity index (χ2n) is 6.51. The predicted octanol–water partition coefficient (Wildman–Crippen LogP) is 2.61. The number of hydrogen-bond acceptors (Lipinski definition) is 2. The molecule has 0 aromatic rings. The van der Waals surface area contributed by atoms with Crippen LogP contribution >= 0.6 is 0 Å². The summed E-state index contributed by atoms with van der Waals surface area (Å²) < 4.78 is 0. The number of rotatable bonds is 5. The van der Waals surface area contributed by atoms with Gasteiger partial charge in [0.25, 0.3) is 0 Å². The molecule has 0 spiro atoms. The molecule has 0 aromatic carbocycles. The number of carbonyl (C=O) groups is 1. The van der Waals surface area contributed by atoms with Crippen LogP contribution < -0.4 is 10.6 Å². The molecule has 2 N–H and O–H groups in total. The first-order chi connectivity index (χ1) is 8.68. The molecule has 0 unspecified atom stereocenters. The van der Waals surface area contributed by atoms with E-state index in [1.54, 1.807) is 0 Å². The molecule has 0 aromatic heterocycles. The summed E-state index contributed by atoms with van der Waals surface area (Å²) >= 11 is 0. The SMILES string of the molecule is CC1(CNC(=O)CNC2CCCC2)CCCCC1. The van der Waals surface area contributed by atoms with Gasteiger partial charge in [0, 0.05) is 12.6 Å². The summed E-state index contributed by atoms with van der Waals surface area (Å²) in [6.45, 7) is 3.68. The van der Waals surface area contributed by atoms with Gasteiger partial charge in [-0.15, -0.1) is 0 Å². The minimum Gasteiger partial charge on any atom is -0.354 e. The molecule has 0 bridgehead atoms. The predicted molar refractivity (Wildman–Crippen MR) is 74.5 cm³/mol. The fraction of sp³-hybridized carbons (Fsp3) is 0.933.